The van der Waals surface area contributed by atoms with Crippen molar-refractivity contribution in [3.05, 3.63) is 30.3 Å². The Kier molecular flexibility index (Phi) is 7.08. The molecule has 2 nitrogen and oxygen atoms in total. The fourth-order valence-electron chi connectivity index (χ4n) is 3.45. The summed E-state index contributed by atoms with van der Waals surface area (Å²) in [7, 11) is 0. The summed E-state index contributed by atoms with van der Waals surface area (Å²) < 4.78 is 0. The van der Waals surface area contributed by atoms with Crippen LogP contribution in [0.2, 0.25) is 0 Å². The van der Waals surface area contributed by atoms with Gasteiger partial charge >= 0.3 is 0 Å². The number of nitrogens with zero attached hydrogens (tertiary/aromatic N) is 1. The van der Waals surface area contributed by atoms with E-state index in [0.29, 0.717) is 0 Å². The molecule has 1 aliphatic carbocycles. The van der Waals surface area contributed by atoms with Crippen LogP contribution in [0.5, 0.6) is 0 Å². The van der Waals surface area contributed by atoms with E-state index < -0.39 is 0 Å². The third kappa shape index (κ3) is 5.03. The quantitative estimate of drug-likeness (QED) is 0.721. The van der Waals surface area contributed by atoms with E-state index in [-0.39, 0.29) is 0 Å². The predicted octanol–water partition coefficient (Wildman–Crippen LogP) is 4.46. The summed E-state index contributed by atoms with van der Waals surface area (Å²) >= 11 is 0. The molecule has 21 heavy (non-hydrogen) atoms. The summed E-state index contributed by atoms with van der Waals surface area (Å²) in [4.78, 5) is 2.61. The lowest BCUT2D eigenvalue weighted by Crippen LogP contribution is -2.40. The number of benzene rings is 1. The number of para-hydroxylation sites is 1. The summed E-state index contributed by atoms with van der Waals surface area (Å²) in [5.74, 6) is 0.814. The van der Waals surface area contributed by atoms with E-state index >= 15 is 0 Å². The largest absolute Gasteiger partial charge is 0.371 e. The third-order valence-corrected chi connectivity index (χ3v) is 4.67. The summed E-state index contributed by atoms with van der Waals surface area (Å²) in [5, 5.41) is 3.77. The average molecular weight is 288 g/mol. The second kappa shape index (κ2) is 9.09. The summed E-state index contributed by atoms with van der Waals surface area (Å²) in [6.45, 7) is 8.11. The highest BCUT2D eigenvalue weighted by Gasteiger charge is 2.28. The van der Waals surface area contributed by atoms with Crippen LogP contribution >= 0.6 is 0 Å². The topological polar surface area (TPSA) is 15.3 Å². The van der Waals surface area contributed by atoms with Crippen molar-refractivity contribution >= 4 is 5.69 Å². The number of nitrogens with one attached hydrogen (secondary N) is 1. The zero-order chi connectivity index (χ0) is 14.9. The van der Waals surface area contributed by atoms with Crippen LogP contribution in [-0.4, -0.2) is 25.7 Å². The van der Waals surface area contributed by atoms with E-state index in [1.54, 1.807) is 0 Å². The molecule has 2 heteroatoms. The lowest BCUT2D eigenvalue weighted by molar-refractivity contribution is 0.398. The number of unbranched alkanes of at least 4 members (excludes halogenated alkanes) is 1. The highest BCUT2D eigenvalue weighted by Crippen LogP contribution is 2.28. The van der Waals surface area contributed by atoms with E-state index in [2.05, 4.69) is 54.4 Å². The smallest absolute Gasteiger partial charge is 0.0366 e. The maximum absolute atomic E-state index is 3.77. The van der Waals surface area contributed by atoms with E-state index in [9.17, 15) is 0 Å². The predicted molar refractivity (Wildman–Crippen MR) is 93.0 cm³/mol. The fraction of sp³-hybridized carbons (Fsp3) is 0.684. The number of anilines is 1. The van der Waals surface area contributed by atoms with Crippen molar-refractivity contribution in [3.63, 3.8) is 0 Å². The molecule has 1 aromatic carbocycles. The molecule has 1 saturated carbocycles. The lowest BCUT2D eigenvalue weighted by atomic mass is 10.0. The van der Waals surface area contributed by atoms with E-state index in [4.69, 9.17) is 0 Å². The minimum absolute atomic E-state index is 0.734. The van der Waals surface area contributed by atoms with Crippen molar-refractivity contribution < 1.29 is 0 Å². The normalized spacial score (nSPS) is 21.6. The number of hydrogen-bond acceptors (Lipinski definition) is 2. The summed E-state index contributed by atoms with van der Waals surface area (Å²) in [6, 6.07) is 11.7. The SMILES string of the molecule is CCCCN(CC1CCCC1NCCC)c1ccccc1. The van der Waals surface area contributed by atoms with Gasteiger partial charge in [-0.1, -0.05) is 44.9 Å². The van der Waals surface area contributed by atoms with Gasteiger partial charge in [0.05, 0.1) is 0 Å². The molecule has 0 aromatic heterocycles. The van der Waals surface area contributed by atoms with Crippen LogP contribution in [0.3, 0.4) is 0 Å². The minimum Gasteiger partial charge on any atom is -0.371 e. The molecular weight excluding hydrogens is 256 g/mol. The van der Waals surface area contributed by atoms with Crippen LogP contribution in [0, 0.1) is 5.92 Å². The Hall–Kier alpha value is -1.02. The second-order valence-electron chi connectivity index (χ2n) is 6.39. The molecule has 2 atom stereocenters. The Bertz CT molecular complexity index is 376. The van der Waals surface area contributed by atoms with Gasteiger partial charge in [0.2, 0.25) is 0 Å². The molecule has 0 amide bonds. The zero-order valence-corrected chi connectivity index (χ0v) is 13.9. The molecule has 2 unspecified atom stereocenters. The number of rotatable bonds is 9. The van der Waals surface area contributed by atoms with E-state index in [0.717, 1.165) is 12.0 Å². The Balaban J connectivity index is 1.97. The van der Waals surface area contributed by atoms with Crippen LogP contribution in [0.25, 0.3) is 0 Å². The van der Waals surface area contributed by atoms with Gasteiger partial charge in [0, 0.05) is 24.8 Å². The Morgan fingerprint density at radius 1 is 1.10 bits per heavy atom. The van der Waals surface area contributed by atoms with Gasteiger partial charge in [-0.2, -0.15) is 0 Å². The van der Waals surface area contributed by atoms with Crippen molar-refractivity contribution in [2.45, 2.75) is 58.4 Å². The highest BCUT2D eigenvalue weighted by atomic mass is 15.1. The monoisotopic (exact) mass is 288 g/mol. The molecule has 0 spiro atoms. The Labute approximate surface area is 130 Å². The fourth-order valence-corrected chi connectivity index (χ4v) is 3.45. The molecule has 0 aliphatic heterocycles. The highest BCUT2D eigenvalue weighted by molar-refractivity contribution is 5.46. The van der Waals surface area contributed by atoms with E-state index in [1.165, 1.54) is 63.8 Å². The minimum atomic E-state index is 0.734. The molecule has 0 bridgehead atoms. The number of hydrogen-bond donors (Lipinski definition) is 1. The van der Waals surface area contributed by atoms with E-state index in [1.807, 2.05) is 0 Å². The molecule has 1 aliphatic rings. The molecule has 1 N–H and O–H groups in total. The van der Waals surface area contributed by atoms with Gasteiger partial charge in [-0.25, -0.2) is 0 Å². The van der Waals surface area contributed by atoms with Gasteiger partial charge in [0.15, 0.2) is 0 Å². The van der Waals surface area contributed by atoms with Crippen molar-refractivity contribution in [1.29, 1.82) is 0 Å². The van der Waals surface area contributed by atoms with Crippen LogP contribution < -0.4 is 10.2 Å². The van der Waals surface area contributed by atoms with Crippen molar-refractivity contribution in [2.75, 3.05) is 24.5 Å². The summed E-state index contributed by atoms with van der Waals surface area (Å²) in [5.41, 5.74) is 1.40. The molecule has 0 radical (unpaired) electrons. The van der Waals surface area contributed by atoms with Crippen LogP contribution in [-0.2, 0) is 0 Å². The lowest BCUT2D eigenvalue weighted by Gasteiger charge is -2.31. The van der Waals surface area contributed by atoms with Crippen molar-refractivity contribution in [3.8, 4) is 0 Å². The first kappa shape index (κ1) is 16.4. The first-order chi connectivity index (χ1) is 10.3. The van der Waals surface area contributed by atoms with Gasteiger partial charge in [-0.3, -0.25) is 0 Å². The first-order valence-corrected chi connectivity index (χ1v) is 8.88. The molecule has 0 heterocycles. The first-order valence-electron chi connectivity index (χ1n) is 8.88. The molecular formula is C19H32N2. The van der Waals surface area contributed by atoms with Gasteiger partial charge in [-0.15, -0.1) is 0 Å². The second-order valence-corrected chi connectivity index (χ2v) is 6.39. The Morgan fingerprint density at radius 2 is 1.90 bits per heavy atom. The van der Waals surface area contributed by atoms with Gasteiger partial charge in [0.1, 0.15) is 0 Å². The van der Waals surface area contributed by atoms with Gasteiger partial charge in [-0.05, 0) is 50.3 Å². The van der Waals surface area contributed by atoms with Crippen molar-refractivity contribution in [1.82, 2.24) is 5.32 Å². The van der Waals surface area contributed by atoms with Crippen LogP contribution in [0.1, 0.15) is 52.4 Å². The van der Waals surface area contributed by atoms with Crippen LogP contribution in [0.4, 0.5) is 5.69 Å². The molecule has 118 valence electrons. The van der Waals surface area contributed by atoms with Gasteiger partial charge < -0.3 is 10.2 Å². The molecule has 2 rings (SSSR count). The van der Waals surface area contributed by atoms with Gasteiger partial charge in [0.25, 0.3) is 0 Å². The Morgan fingerprint density at radius 3 is 2.62 bits per heavy atom. The maximum Gasteiger partial charge on any atom is 0.0366 e. The van der Waals surface area contributed by atoms with Crippen LogP contribution in [0.15, 0.2) is 30.3 Å². The molecule has 1 fully saturated rings. The molecule has 0 saturated heterocycles. The standard InChI is InChI=1S/C19H32N2/c1-3-5-15-21(18-11-7-6-8-12-18)16-17-10-9-13-19(17)20-14-4-2/h6-8,11-12,17,19-20H,3-5,9-10,13-16H2,1-2H3. The maximum atomic E-state index is 3.77. The molecule has 1 aromatic rings. The summed E-state index contributed by atoms with van der Waals surface area (Å²) in [6.07, 6.45) is 7.93. The third-order valence-electron chi connectivity index (χ3n) is 4.67. The zero-order valence-electron chi connectivity index (χ0n) is 13.9. The van der Waals surface area contributed by atoms with Crippen molar-refractivity contribution in [2.24, 2.45) is 5.92 Å². The average Bonchev–Trinajstić information content (AvgIpc) is 2.97.